The summed E-state index contributed by atoms with van der Waals surface area (Å²) in [5, 5.41) is 2.22. The molecule has 0 spiro atoms. The van der Waals surface area contributed by atoms with Gasteiger partial charge in [-0.15, -0.1) is 0 Å². The van der Waals surface area contributed by atoms with E-state index in [0.29, 0.717) is 23.0 Å². The zero-order chi connectivity index (χ0) is 27.7. The first kappa shape index (κ1) is 27.1. The highest BCUT2D eigenvalue weighted by Crippen LogP contribution is 2.31. The zero-order valence-electron chi connectivity index (χ0n) is 21.7. The monoisotopic (exact) mass is 560 g/mol. The van der Waals surface area contributed by atoms with Gasteiger partial charge in [0.1, 0.15) is 6.04 Å². The van der Waals surface area contributed by atoms with Crippen molar-refractivity contribution in [1.82, 2.24) is 4.31 Å². The van der Waals surface area contributed by atoms with E-state index in [1.54, 1.807) is 48.5 Å². The molecule has 6 nitrogen and oxygen atoms in total. The Kier molecular flexibility index (Phi) is 7.58. The molecule has 4 aromatic rings. The van der Waals surface area contributed by atoms with Crippen molar-refractivity contribution < 1.29 is 18.0 Å². The van der Waals surface area contributed by atoms with Crippen molar-refractivity contribution in [1.29, 1.82) is 0 Å². The molecule has 1 unspecified atom stereocenters. The van der Waals surface area contributed by atoms with Crippen LogP contribution in [0.15, 0.2) is 95.9 Å². The fourth-order valence-corrected chi connectivity index (χ4v) is 6.79. The molecule has 1 saturated heterocycles. The van der Waals surface area contributed by atoms with E-state index in [1.165, 1.54) is 4.31 Å². The number of imide groups is 1. The summed E-state index contributed by atoms with van der Waals surface area (Å²) in [6.45, 7) is 4.14. The Morgan fingerprint density at radius 1 is 0.897 bits per heavy atom. The van der Waals surface area contributed by atoms with Crippen LogP contribution < -0.4 is 4.90 Å². The van der Waals surface area contributed by atoms with Crippen molar-refractivity contribution in [3.8, 4) is 0 Å². The molecule has 1 fully saturated rings. The smallest absolute Gasteiger partial charge is 0.252 e. The largest absolute Gasteiger partial charge is 0.274 e. The topological polar surface area (TPSA) is 74.8 Å². The Morgan fingerprint density at radius 2 is 1.62 bits per heavy atom. The second-order valence-electron chi connectivity index (χ2n) is 10.0. The van der Waals surface area contributed by atoms with Crippen LogP contribution in [0.1, 0.15) is 37.3 Å². The van der Waals surface area contributed by atoms with Gasteiger partial charge in [-0.05, 0) is 70.6 Å². The number of hydrogen-bond donors (Lipinski definition) is 0. The predicted octanol–water partition coefficient (Wildman–Crippen LogP) is 6.18. The molecule has 0 aliphatic carbocycles. The van der Waals surface area contributed by atoms with E-state index in [9.17, 15) is 18.0 Å². The predicted molar refractivity (Wildman–Crippen MR) is 154 cm³/mol. The minimum atomic E-state index is -4.14. The summed E-state index contributed by atoms with van der Waals surface area (Å²) in [4.78, 5) is 28.0. The van der Waals surface area contributed by atoms with Gasteiger partial charge in [0.05, 0.1) is 17.0 Å². The van der Waals surface area contributed by atoms with Crippen LogP contribution in [0.2, 0.25) is 5.02 Å². The number of amides is 2. The maximum atomic E-state index is 14.1. The molecule has 0 radical (unpaired) electrons. The Labute approximate surface area is 233 Å². The highest BCUT2D eigenvalue weighted by atomic mass is 35.5. The van der Waals surface area contributed by atoms with Crippen LogP contribution in [0.4, 0.5) is 5.69 Å². The molecule has 5 rings (SSSR count). The van der Waals surface area contributed by atoms with Gasteiger partial charge in [0, 0.05) is 11.6 Å². The SMILES string of the molecule is CC(C)c1ccc(N2C(=O)CC(N(CCc3cccc(Cl)c3)S(=O)(=O)c3ccc4ccccc4c3)C2=O)cc1. The van der Waals surface area contributed by atoms with Crippen LogP contribution in [-0.2, 0) is 26.0 Å². The van der Waals surface area contributed by atoms with Crippen LogP contribution in [0.5, 0.6) is 0 Å². The van der Waals surface area contributed by atoms with Crippen molar-refractivity contribution in [2.45, 2.75) is 43.5 Å². The summed E-state index contributed by atoms with van der Waals surface area (Å²) < 4.78 is 29.3. The van der Waals surface area contributed by atoms with Crippen molar-refractivity contribution in [2.24, 2.45) is 0 Å². The van der Waals surface area contributed by atoms with E-state index in [4.69, 9.17) is 11.6 Å². The van der Waals surface area contributed by atoms with Gasteiger partial charge in [-0.3, -0.25) is 9.59 Å². The molecule has 0 N–H and O–H groups in total. The van der Waals surface area contributed by atoms with Gasteiger partial charge in [0.15, 0.2) is 0 Å². The van der Waals surface area contributed by atoms with E-state index >= 15 is 0 Å². The summed E-state index contributed by atoms with van der Waals surface area (Å²) in [7, 11) is -4.14. The minimum Gasteiger partial charge on any atom is -0.274 e. The van der Waals surface area contributed by atoms with E-state index in [0.717, 1.165) is 26.8 Å². The molecule has 200 valence electrons. The van der Waals surface area contributed by atoms with E-state index < -0.39 is 27.9 Å². The number of carbonyl (C=O) groups is 2. The molecule has 0 saturated carbocycles. The van der Waals surface area contributed by atoms with Crippen molar-refractivity contribution in [3.05, 3.63) is 107 Å². The number of rotatable bonds is 8. The second kappa shape index (κ2) is 10.9. The van der Waals surface area contributed by atoms with E-state index in [2.05, 4.69) is 13.8 Å². The third-order valence-electron chi connectivity index (χ3n) is 7.13. The first-order chi connectivity index (χ1) is 18.6. The number of carbonyl (C=O) groups excluding carboxylic acids is 2. The number of hydrogen-bond acceptors (Lipinski definition) is 4. The standard InChI is InChI=1S/C31H29ClN2O4S/c1-21(2)23-10-13-27(14-11-23)34-30(35)20-29(31(34)36)33(17-16-22-6-5-9-26(32)18-22)39(37,38)28-15-12-24-7-3-4-8-25(24)19-28/h3-15,18-19,21,29H,16-17,20H2,1-2H3. The van der Waals surface area contributed by atoms with Gasteiger partial charge in [0.25, 0.3) is 5.91 Å². The molecule has 1 aliphatic heterocycles. The molecular weight excluding hydrogens is 532 g/mol. The Morgan fingerprint density at radius 3 is 2.31 bits per heavy atom. The zero-order valence-corrected chi connectivity index (χ0v) is 23.3. The first-order valence-electron chi connectivity index (χ1n) is 12.9. The molecular formula is C31H29ClN2O4S. The van der Waals surface area contributed by atoms with Crippen LogP contribution >= 0.6 is 11.6 Å². The van der Waals surface area contributed by atoms with Crippen molar-refractivity contribution in [3.63, 3.8) is 0 Å². The average molecular weight is 561 g/mol. The molecule has 1 atom stereocenters. The molecule has 1 aliphatic rings. The number of halogens is 1. The molecule has 0 aromatic heterocycles. The quantitative estimate of drug-likeness (QED) is 0.241. The summed E-state index contributed by atoms with van der Waals surface area (Å²) >= 11 is 6.15. The number of nitrogens with zero attached hydrogens (tertiary/aromatic N) is 2. The number of sulfonamides is 1. The molecule has 4 aromatic carbocycles. The van der Waals surface area contributed by atoms with Crippen LogP contribution in [0.3, 0.4) is 0 Å². The fraction of sp³-hybridized carbons (Fsp3) is 0.226. The van der Waals surface area contributed by atoms with Crippen LogP contribution in [0.25, 0.3) is 10.8 Å². The minimum absolute atomic E-state index is 0.0132. The third kappa shape index (κ3) is 5.48. The van der Waals surface area contributed by atoms with Crippen LogP contribution in [-0.4, -0.2) is 37.1 Å². The molecule has 39 heavy (non-hydrogen) atoms. The number of fused-ring (bicyclic) bond motifs is 1. The normalized spacial score (nSPS) is 16.1. The number of benzene rings is 4. The highest BCUT2D eigenvalue weighted by Gasteiger charge is 2.46. The molecule has 1 heterocycles. The van der Waals surface area contributed by atoms with Gasteiger partial charge < -0.3 is 0 Å². The number of anilines is 1. The Bertz CT molecular complexity index is 1650. The summed E-state index contributed by atoms with van der Waals surface area (Å²) in [6, 6.07) is 25.7. The second-order valence-corrected chi connectivity index (χ2v) is 12.4. The summed E-state index contributed by atoms with van der Waals surface area (Å²) in [5.74, 6) is -0.678. The lowest BCUT2D eigenvalue weighted by atomic mass is 10.0. The summed E-state index contributed by atoms with van der Waals surface area (Å²) in [6.07, 6.45) is 0.0988. The van der Waals surface area contributed by atoms with Gasteiger partial charge in [-0.2, -0.15) is 4.31 Å². The Hall–Kier alpha value is -3.52. The third-order valence-corrected chi connectivity index (χ3v) is 9.27. The molecule has 2 amide bonds. The lowest BCUT2D eigenvalue weighted by Gasteiger charge is -2.27. The van der Waals surface area contributed by atoms with Crippen molar-refractivity contribution >= 4 is 49.9 Å². The summed E-state index contributed by atoms with van der Waals surface area (Å²) in [5.41, 5.74) is 2.35. The van der Waals surface area contributed by atoms with E-state index in [1.807, 2.05) is 42.5 Å². The highest BCUT2D eigenvalue weighted by molar-refractivity contribution is 7.89. The first-order valence-corrected chi connectivity index (χ1v) is 14.7. The van der Waals surface area contributed by atoms with Gasteiger partial charge in [0.2, 0.25) is 15.9 Å². The maximum Gasteiger partial charge on any atom is 0.252 e. The van der Waals surface area contributed by atoms with Gasteiger partial charge in [-0.25, -0.2) is 13.3 Å². The van der Waals surface area contributed by atoms with Crippen molar-refractivity contribution in [2.75, 3.05) is 11.4 Å². The van der Waals surface area contributed by atoms with Crippen LogP contribution in [0, 0.1) is 0 Å². The average Bonchev–Trinajstić information content (AvgIpc) is 3.21. The van der Waals surface area contributed by atoms with Gasteiger partial charge in [-0.1, -0.05) is 80.0 Å². The maximum absolute atomic E-state index is 14.1. The fourth-order valence-electron chi connectivity index (χ4n) is 4.96. The van der Waals surface area contributed by atoms with E-state index in [-0.39, 0.29) is 17.9 Å². The molecule has 8 heteroatoms. The lowest BCUT2D eigenvalue weighted by Crippen LogP contribution is -2.46. The lowest BCUT2D eigenvalue weighted by molar-refractivity contribution is -0.122. The molecule has 0 bridgehead atoms. The van der Waals surface area contributed by atoms with Gasteiger partial charge >= 0.3 is 0 Å². The Balaban J connectivity index is 1.51.